The minimum atomic E-state index is -4.99. The van der Waals surface area contributed by atoms with Crippen molar-refractivity contribution < 1.29 is 27.8 Å². The molecule has 0 aromatic heterocycles. The van der Waals surface area contributed by atoms with E-state index in [1.165, 1.54) is 6.26 Å². The summed E-state index contributed by atoms with van der Waals surface area (Å²) in [6.07, 6.45) is -1.89. The van der Waals surface area contributed by atoms with Crippen molar-refractivity contribution in [1.82, 2.24) is 5.32 Å². The number of nitrogens with zero attached hydrogens (tertiary/aromatic N) is 2. The fourth-order valence-electron chi connectivity index (χ4n) is 1.28. The molecular formula is C11H7BrF3N3O3S. The Kier molecular flexibility index (Phi) is 6.07. The van der Waals surface area contributed by atoms with Crippen molar-refractivity contribution in [2.45, 2.75) is 6.36 Å². The third kappa shape index (κ3) is 5.12. The fourth-order valence-corrected chi connectivity index (χ4v) is 2.15. The molecule has 6 nitrogen and oxygen atoms in total. The number of hydrogen-bond donors (Lipinski definition) is 2. The number of thioether (sulfide) groups is 1. The smallest absolute Gasteiger partial charge is 0.478 e. The van der Waals surface area contributed by atoms with Crippen LogP contribution < -0.4 is 10.1 Å². The van der Waals surface area contributed by atoms with E-state index in [-0.39, 0.29) is 15.2 Å². The van der Waals surface area contributed by atoms with E-state index in [4.69, 9.17) is 10.4 Å². The summed E-state index contributed by atoms with van der Waals surface area (Å²) in [5.41, 5.74) is -0.686. The first kappa shape index (κ1) is 18.1. The number of benzene rings is 1. The molecule has 0 aliphatic heterocycles. The predicted octanol–water partition coefficient (Wildman–Crippen LogP) is 3.47. The molecule has 0 aliphatic rings. The number of nitrogens with one attached hydrogen (secondary N) is 1. The molecule has 0 bridgehead atoms. The number of halogens is 4. The first-order valence-corrected chi connectivity index (χ1v) is 7.30. The third-order valence-electron chi connectivity index (χ3n) is 2.07. The summed E-state index contributed by atoms with van der Waals surface area (Å²) in [6.45, 7) is 0. The number of carboxylic acids is 1. The lowest BCUT2D eigenvalue weighted by Crippen LogP contribution is -2.18. The number of alkyl halides is 3. The van der Waals surface area contributed by atoms with Crippen LogP contribution in [0.1, 0.15) is 10.4 Å². The Morgan fingerprint density at radius 3 is 2.64 bits per heavy atom. The highest BCUT2D eigenvalue weighted by molar-refractivity contribution is 9.10. The van der Waals surface area contributed by atoms with E-state index in [2.05, 4.69) is 31.0 Å². The molecule has 0 saturated carbocycles. The minimum Gasteiger partial charge on any atom is -0.478 e. The van der Waals surface area contributed by atoms with Gasteiger partial charge in [-0.25, -0.2) is 9.79 Å². The second-order valence-electron chi connectivity index (χ2n) is 3.52. The Balaban J connectivity index is 3.48. The van der Waals surface area contributed by atoms with E-state index in [1.54, 1.807) is 6.19 Å². The molecule has 0 amide bonds. The van der Waals surface area contributed by atoms with Crippen LogP contribution in [0.2, 0.25) is 0 Å². The van der Waals surface area contributed by atoms with Gasteiger partial charge in [-0.2, -0.15) is 5.26 Å². The van der Waals surface area contributed by atoms with Gasteiger partial charge in [0.15, 0.2) is 17.1 Å². The molecule has 0 unspecified atom stereocenters. The summed E-state index contributed by atoms with van der Waals surface area (Å²) in [4.78, 5) is 14.8. The van der Waals surface area contributed by atoms with Crippen molar-refractivity contribution in [2.24, 2.45) is 4.99 Å². The van der Waals surface area contributed by atoms with Crippen LogP contribution in [-0.2, 0) is 0 Å². The lowest BCUT2D eigenvalue weighted by Gasteiger charge is -2.14. The topological polar surface area (TPSA) is 94.7 Å². The summed E-state index contributed by atoms with van der Waals surface area (Å²) in [5, 5.41) is 19.6. The van der Waals surface area contributed by atoms with Gasteiger partial charge >= 0.3 is 12.3 Å². The molecule has 0 spiro atoms. The maximum atomic E-state index is 12.4. The van der Waals surface area contributed by atoms with Crippen LogP contribution >= 0.6 is 27.7 Å². The largest absolute Gasteiger partial charge is 0.573 e. The number of aromatic carboxylic acids is 1. The maximum Gasteiger partial charge on any atom is 0.573 e. The van der Waals surface area contributed by atoms with Crippen molar-refractivity contribution >= 4 is 44.5 Å². The van der Waals surface area contributed by atoms with Gasteiger partial charge in [-0.05, 0) is 34.3 Å². The van der Waals surface area contributed by atoms with Crippen molar-refractivity contribution in [1.29, 1.82) is 5.26 Å². The van der Waals surface area contributed by atoms with Crippen molar-refractivity contribution in [3.63, 3.8) is 0 Å². The van der Waals surface area contributed by atoms with E-state index >= 15 is 0 Å². The molecule has 1 aromatic carbocycles. The fraction of sp³-hybridized carbons (Fsp3) is 0.182. The summed E-state index contributed by atoms with van der Waals surface area (Å²) in [5.74, 6) is -2.06. The van der Waals surface area contributed by atoms with Crippen LogP contribution in [-0.4, -0.2) is 28.9 Å². The van der Waals surface area contributed by atoms with Crippen LogP contribution in [0.5, 0.6) is 5.75 Å². The predicted molar refractivity (Wildman–Crippen MR) is 77.1 cm³/mol. The van der Waals surface area contributed by atoms with Gasteiger partial charge in [-0.15, -0.1) is 13.2 Å². The summed E-state index contributed by atoms with van der Waals surface area (Å²) in [7, 11) is 0. The highest BCUT2D eigenvalue weighted by Gasteiger charge is 2.33. The van der Waals surface area contributed by atoms with Gasteiger partial charge in [0, 0.05) is 0 Å². The average molecular weight is 398 g/mol. The van der Waals surface area contributed by atoms with Gasteiger partial charge in [-0.3, -0.25) is 5.32 Å². The minimum absolute atomic E-state index is 0.0241. The number of nitriles is 1. The van der Waals surface area contributed by atoms with Crippen molar-refractivity contribution in [3.05, 3.63) is 22.2 Å². The van der Waals surface area contributed by atoms with Crippen LogP contribution in [0.15, 0.2) is 21.6 Å². The highest BCUT2D eigenvalue weighted by Crippen LogP contribution is 2.40. The second kappa shape index (κ2) is 7.37. The molecule has 0 radical (unpaired) electrons. The van der Waals surface area contributed by atoms with E-state index < -0.39 is 23.8 Å². The van der Waals surface area contributed by atoms with Gasteiger partial charge in [0.25, 0.3) is 0 Å². The van der Waals surface area contributed by atoms with E-state index in [1.807, 2.05) is 0 Å². The number of hydrogen-bond acceptors (Lipinski definition) is 5. The van der Waals surface area contributed by atoms with Crippen molar-refractivity contribution in [2.75, 3.05) is 6.26 Å². The Hall–Kier alpha value is -1.93. The molecule has 0 heterocycles. The number of carboxylic acid groups (broad SMARTS) is 1. The molecule has 11 heteroatoms. The van der Waals surface area contributed by atoms with E-state index in [9.17, 15) is 18.0 Å². The summed E-state index contributed by atoms with van der Waals surface area (Å²) in [6, 6.07) is 1.86. The Bertz CT molecular complexity index is 658. The van der Waals surface area contributed by atoms with Crippen LogP contribution in [0.3, 0.4) is 0 Å². The van der Waals surface area contributed by atoms with Gasteiger partial charge in [0.1, 0.15) is 5.69 Å². The zero-order valence-electron chi connectivity index (χ0n) is 10.7. The number of ether oxygens (including phenoxy) is 1. The molecule has 1 aromatic rings. The average Bonchev–Trinajstić information content (AvgIpc) is 2.40. The Morgan fingerprint density at radius 2 is 2.18 bits per heavy atom. The molecule has 0 fully saturated rings. The quantitative estimate of drug-likeness (QED) is 0.351. The Labute approximate surface area is 135 Å². The monoisotopic (exact) mass is 397 g/mol. The lowest BCUT2D eigenvalue weighted by atomic mass is 10.2. The third-order valence-corrected chi connectivity index (χ3v) is 3.24. The standard InChI is InChI=1S/C11H7BrF3N3O3S/c1-22-10(17-4-16)18-7-3-5(9(19)20)2-6(12)8(7)21-11(13,14)15/h2-3H,1H3,(H,17,18)(H,19,20). The normalized spacial score (nSPS) is 11.7. The van der Waals surface area contributed by atoms with Crippen molar-refractivity contribution in [3.8, 4) is 11.9 Å². The summed E-state index contributed by atoms with van der Waals surface area (Å²) < 4.78 is 41.0. The van der Waals surface area contributed by atoms with Crippen LogP contribution in [0, 0.1) is 11.5 Å². The van der Waals surface area contributed by atoms with E-state index in [0.29, 0.717) is 0 Å². The number of rotatable bonds is 3. The first-order valence-electron chi connectivity index (χ1n) is 5.28. The lowest BCUT2D eigenvalue weighted by molar-refractivity contribution is -0.274. The summed E-state index contributed by atoms with van der Waals surface area (Å²) >= 11 is 3.77. The maximum absolute atomic E-state index is 12.4. The van der Waals surface area contributed by atoms with E-state index in [0.717, 1.165) is 23.9 Å². The molecule has 0 atom stereocenters. The number of amidine groups is 1. The van der Waals surface area contributed by atoms with Gasteiger partial charge < -0.3 is 9.84 Å². The number of aliphatic imine (C=N–C) groups is 1. The van der Waals surface area contributed by atoms with Gasteiger partial charge in [0.2, 0.25) is 0 Å². The molecule has 22 heavy (non-hydrogen) atoms. The van der Waals surface area contributed by atoms with Crippen LogP contribution in [0.25, 0.3) is 0 Å². The van der Waals surface area contributed by atoms with Gasteiger partial charge in [-0.1, -0.05) is 11.8 Å². The molecular weight excluding hydrogens is 391 g/mol. The van der Waals surface area contributed by atoms with Gasteiger partial charge in [0.05, 0.1) is 10.0 Å². The number of carbonyl (C=O) groups is 1. The second-order valence-corrected chi connectivity index (χ2v) is 5.17. The van der Waals surface area contributed by atoms with Crippen LogP contribution in [0.4, 0.5) is 18.9 Å². The zero-order chi connectivity index (χ0) is 16.9. The Morgan fingerprint density at radius 1 is 1.55 bits per heavy atom. The molecule has 2 N–H and O–H groups in total. The molecule has 118 valence electrons. The first-order chi connectivity index (χ1) is 10.2. The molecule has 1 rings (SSSR count). The SMILES string of the molecule is CSC(=Nc1cc(C(=O)O)cc(Br)c1OC(F)(F)F)NC#N. The molecule has 0 aliphatic carbocycles. The highest BCUT2D eigenvalue weighted by atomic mass is 79.9. The zero-order valence-corrected chi connectivity index (χ0v) is 13.1. The molecule has 0 saturated heterocycles.